The first kappa shape index (κ1) is 9.40. The summed E-state index contributed by atoms with van der Waals surface area (Å²) in [6, 6.07) is 13.3. The van der Waals surface area contributed by atoms with Crippen molar-refractivity contribution < 1.29 is 9.90 Å². The number of hydrogen-bond donors (Lipinski definition) is 1. The molecule has 0 saturated carbocycles. The average molecular weight is 199 g/mol. The van der Waals surface area contributed by atoms with Crippen LogP contribution in [0.25, 0.3) is 10.8 Å². The molecular formula is C12H9NO2. The van der Waals surface area contributed by atoms with E-state index in [0.29, 0.717) is 5.69 Å². The molecule has 0 aliphatic carbocycles. The number of nitrogens with zero attached hydrogens (tertiary/aromatic N) is 1. The molecule has 2 rings (SSSR count). The van der Waals surface area contributed by atoms with Gasteiger partial charge >= 0.3 is 5.97 Å². The van der Waals surface area contributed by atoms with Crippen molar-refractivity contribution >= 4 is 28.6 Å². The van der Waals surface area contributed by atoms with Crippen molar-refractivity contribution in [1.82, 2.24) is 0 Å². The largest absolute Gasteiger partial charge is 0.477 e. The molecule has 3 nitrogen and oxygen atoms in total. The standard InChI is InChI=1S/C12H9NO2/c14-12(15)8-13-11-7-3-5-9-4-1-2-6-10(9)11/h1-8H,(H,14,15). The maximum Gasteiger partial charge on any atom is 0.346 e. The Bertz CT molecular complexity index is 527. The Morgan fingerprint density at radius 3 is 2.67 bits per heavy atom. The molecule has 15 heavy (non-hydrogen) atoms. The zero-order chi connectivity index (χ0) is 10.7. The van der Waals surface area contributed by atoms with Crippen LogP contribution >= 0.6 is 0 Å². The van der Waals surface area contributed by atoms with E-state index in [0.717, 1.165) is 17.0 Å². The van der Waals surface area contributed by atoms with Gasteiger partial charge in [0.2, 0.25) is 0 Å². The summed E-state index contributed by atoms with van der Waals surface area (Å²) in [7, 11) is 0. The second-order valence-corrected chi connectivity index (χ2v) is 3.09. The molecule has 0 saturated heterocycles. The Kier molecular flexibility index (Phi) is 2.46. The lowest BCUT2D eigenvalue weighted by molar-refractivity contribution is -0.128. The summed E-state index contributed by atoms with van der Waals surface area (Å²) in [5, 5.41) is 10.5. The second-order valence-electron chi connectivity index (χ2n) is 3.09. The number of carboxylic acids is 1. The second kappa shape index (κ2) is 3.92. The molecule has 3 heteroatoms. The minimum absolute atomic E-state index is 0.676. The Morgan fingerprint density at radius 2 is 1.87 bits per heavy atom. The zero-order valence-corrected chi connectivity index (χ0v) is 7.92. The minimum Gasteiger partial charge on any atom is -0.477 e. The predicted molar refractivity (Wildman–Crippen MR) is 59.7 cm³/mol. The summed E-state index contributed by atoms with van der Waals surface area (Å²) < 4.78 is 0. The molecule has 0 atom stereocenters. The van der Waals surface area contributed by atoms with E-state index in [4.69, 9.17) is 5.11 Å². The van der Waals surface area contributed by atoms with Gasteiger partial charge in [-0.3, -0.25) is 0 Å². The average Bonchev–Trinajstić information content (AvgIpc) is 2.26. The van der Waals surface area contributed by atoms with Gasteiger partial charge in [-0.25, -0.2) is 9.79 Å². The lowest BCUT2D eigenvalue weighted by atomic mass is 10.1. The van der Waals surface area contributed by atoms with Gasteiger partial charge in [-0.1, -0.05) is 36.4 Å². The van der Waals surface area contributed by atoms with Gasteiger partial charge in [-0.05, 0) is 11.5 Å². The minimum atomic E-state index is -1.04. The zero-order valence-electron chi connectivity index (χ0n) is 7.92. The third-order valence-electron chi connectivity index (χ3n) is 2.08. The van der Waals surface area contributed by atoms with E-state index in [9.17, 15) is 4.79 Å². The fraction of sp³-hybridized carbons (Fsp3) is 0. The van der Waals surface area contributed by atoms with Crippen LogP contribution in [0.4, 0.5) is 5.69 Å². The topological polar surface area (TPSA) is 49.7 Å². The molecule has 0 fully saturated rings. The lowest BCUT2D eigenvalue weighted by Gasteiger charge is -1.99. The highest BCUT2D eigenvalue weighted by Gasteiger charge is 1.97. The normalized spacial score (nSPS) is 10.9. The molecule has 0 aliphatic heterocycles. The van der Waals surface area contributed by atoms with Gasteiger partial charge < -0.3 is 5.11 Å². The van der Waals surface area contributed by atoms with Crippen molar-refractivity contribution in [3.05, 3.63) is 42.5 Å². The summed E-state index contributed by atoms with van der Waals surface area (Å²) in [5.41, 5.74) is 0.676. The first-order valence-corrected chi connectivity index (χ1v) is 4.52. The molecule has 0 spiro atoms. The third kappa shape index (κ3) is 2.02. The molecular weight excluding hydrogens is 190 g/mol. The number of rotatable bonds is 2. The first-order valence-electron chi connectivity index (χ1n) is 4.52. The van der Waals surface area contributed by atoms with E-state index in [1.807, 2.05) is 36.4 Å². The van der Waals surface area contributed by atoms with Gasteiger partial charge in [0.15, 0.2) is 0 Å². The quantitative estimate of drug-likeness (QED) is 0.756. The monoisotopic (exact) mass is 199 g/mol. The smallest absolute Gasteiger partial charge is 0.346 e. The molecule has 0 radical (unpaired) electrons. The van der Waals surface area contributed by atoms with Crippen molar-refractivity contribution in [2.45, 2.75) is 0 Å². The third-order valence-corrected chi connectivity index (χ3v) is 2.08. The molecule has 0 heterocycles. The fourth-order valence-electron chi connectivity index (χ4n) is 1.45. The Labute approximate surface area is 86.7 Å². The molecule has 0 aliphatic rings. The van der Waals surface area contributed by atoms with Crippen LogP contribution in [0, 0.1) is 0 Å². The van der Waals surface area contributed by atoms with Crippen molar-refractivity contribution in [2.75, 3.05) is 0 Å². The number of carbonyl (C=O) groups is 1. The molecule has 0 bridgehead atoms. The number of benzene rings is 2. The van der Waals surface area contributed by atoms with E-state index in [-0.39, 0.29) is 0 Å². The molecule has 2 aromatic rings. The van der Waals surface area contributed by atoms with Gasteiger partial charge in [-0.15, -0.1) is 0 Å². The van der Waals surface area contributed by atoms with Gasteiger partial charge in [0.25, 0.3) is 0 Å². The summed E-state index contributed by atoms with van der Waals surface area (Å²) in [5.74, 6) is -1.04. The molecule has 0 unspecified atom stereocenters. The molecule has 0 amide bonds. The summed E-state index contributed by atoms with van der Waals surface area (Å²) in [6.45, 7) is 0. The van der Waals surface area contributed by atoms with Crippen LogP contribution < -0.4 is 0 Å². The van der Waals surface area contributed by atoms with Crippen LogP contribution in [0.2, 0.25) is 0 Å². The first-order chi connectivity index (χ1) is 7.27. The van der Waals surface area contributed by atoms with E-state index >= 15 is 0 Å². The Hall–Kier alpha value is -2.16. The van der Waals surface area contributed by atoms with Crippen LogP contribution in [0.15, 0.2) is 47.5 Å². The van der Waals surface area contributed by atoms with E-state index in [1.54, 1.807) is 6.07 Å². The fourth-order valence-corrected chi connectivity index (χ4v) is 1.45. The van der Waals surface area contributed by atoms with Crippen molar-refractivity contribution in [3.63, 3.8) is 0 Å². The SMILES string of the molecule is O=C(O)C=Nc1cccc2ccccc12. The number of aliphatic carboxylic acids is 1. The lowest BCUT2D eigenvalue weighted by Crippen LogP contribution is -1.93. The Balaban J connectivity index is 2.56. The highest BCUT2D eigenvalue weighted by atomic mass is 16.4. The van der Waals surface area contributed by atoms with E-state index in [2.05, 4.69) is 4.99 Å². The van der Waals surface area contributed by atoms with E-state index in [1.165, 1.54) is 0 Å². The van der Waals surface area contributed by atoms with Crippen LogP contribution in [-0.4, -0.2) is 17.3 Å². The molecule has 0 aromatic heterocycles. The van der Waals surface area contributed by atoms with Crippen LogP contribution in [0.5, 0.6) is 0 Å². The number of hydrogen-bond acceptors (Lipinski definition) is 2. The number of fused-ring (bicyclic) bond motifs is 1. The van der Waals surface area contributed by atoms with Gasteiger partial charge in [0.05, 0.1) is 5.69 Å². The highest BCUT2D eigenvalue weighted by Crippen LogP contribution is 2.24. The maximum absolute atomic E-state index is 10.4. The van der Waals surface area contributed by atoms with Gasteiger partial charge in [0, 0.05) is 5.39 Å². The van der Waals surface area contributed by atoms with Crippen LogP contribution in [-0.2, 0) is 4.79 Å². The van der Waals surface area contributed by atoms with Gasteiger partial charge in [0.1, 0.15) is 6.21 Å². The summed E-state index contributed by atoms with van der Waals surface area (Å²) in [6.07, 6.45) is 0.905. The molecule has 74 valence electrons. The predicted octanol–water partition coefficient (Wildman–Crippen LogP) is 2.63. The highest BCUT2D eigenvalue weighted by molar-refractivity contribution is 6.23. The summed E-state index contributed by atoms with van der Waals surface area (Å²) in [4.78, 5) is 14.3. The van der Waals surface area contributed by atoms with Crippen molar-refractivity contribution in [1.29, 1.82) is 0 Å². The molecule has 1 N–H and O–H groups in total. The van der Waals surface area contributed by atoms with E-state index < -0.39 is 5.97 Å². The van der Waals surface area contributed by atoms with Crippen molar-refractivity contribution in [2.24, 2.45) is 4.99 Å². The van der Waals surface area contributed by atoms with Crippen molar-refractivity contribution in [3.8, 4) is 0 Å². The maximum atomic E-state index is 10.4. The van der Waals surface area contributed by atoms with Crippen LogP contribution in [0.1, 0.15) is 0 Å². The molecule has 2 aromatic carbocycles. The number of carboxylic acid groups (broad SMARTS) is 1. The number of aliphatic imine (C=N–C) groups is 1. The summed E-state index contributed by atoms with van der Waals surface area (Å²) >= 11 is 0. The Morgan fingerprint density at radius 1 is 1.13 bits per heavy atom. The van der Waals surface area contributed by atoms with Crippen LogP contribution in [0.3, 0.4) is 0 Å². The van der Waals surface area contributed by atoms with Gasteiger partial charge in [-0.2, -0.15) is 0 Å².